The van der Waals surface area contributed by atoms with E-state index in [0.717, 1.165) is 29.9 Å². The molecule has 0 atom stereocenters. The number of ether oxygens (including phenoxy) is 4. The minimum Gasteiger partial charge on any atom is -0.497 e. The van der Waals surface area contributed by atoms with Gasteiger partial charge in [0.1, 0.15) is 11.5 Å². The van der Waals surface area contributed by atoms with Crippen molar-refractivity contribution in [3.8, 4) is 23.0 Å². The van der Waals surface area contributed by atoms with E-state index in [0.29, 0.717) is 28.6 Å². The summed E-state index contributed by atoms with van der Waals surface area (Å²) in [4.78, 5) is 15.1. The minimum absolute atomic E-state index is 0.0948. The number of benzene rings is 2. The summed E-state index contributed by atoms with van der Waals surface area (Å²) in [6, 6.07) is 9.11. The Hall–Kier alpha value is -2.60. The zero-order valence-corrected chi connectivity index (χ0v) is 15.9. The van der Waals surface area contributed by atoms with Crippen LogP contribution in [0.2, 0.25) is 5.02 Å². The highest BCUT2D eigenvalue weighted by atomic mass is 35.5. The van der Waals surface area contributed by atoms with Gasteiger partial charge in [0, 0.05) is 17.2 Å². The average molecular weight is 390 g/mol. The van der Waals surface area contributed by atoms with Crippen LogP contribution in [0.15, 0.2) is 30.3 Å². The van der Waals surface area contributed by atoms with Crippen molar-refractivity contribution in [2.45, 2.75) is 25.4 Å². The number of amides is 1. The molecule has 0 unspecified atom stereocenters. The lowest BCUT2D eigenvalue weighted by atomic mass is 10.1. The molecule has 1 aliphatic heterocycles. The standard InChI is InChI=1S/C20H20ClNO5/c1-24-15-5-6-17(25-2)13(7-15)10-22(14-3-4-14)20(23)12-8-16(21)19-18(9-12)26-11-27-19/h5-9,14H,3-4,10-11H2,1-2H3. The number of hydrogen-bond acceptors (Lipinski definition) is 5. The first-order valence-electron chi connectivity index (χ1n) is 8.71. The molecule has 7 heteroatoms. The van der Waals surface area contributed by atoms with Gasteiger partial charge in [-0.15, -0.1) is 0 Å². The summed E-state index contributed by atoms with van der Waals surface area (Å²) in [5, 5.41) is 0.378. The molecule has 0 spiro atoms. The molecule has 0 radical (unpaired) electrons. The van der Waals surface area contributed by atoms with Crippen molar-refractivity contribution in [2.75, 3.05) is 21.0 Å². The van der Waals surface area contributed by atoms with Gasteiger partial charge in [0.2, 0.25) is 6.79 Å². The molecule has 6 nitrogen and oxygen atoms in total. The van der Waals surface area contributed by atoms with Crippen molar-refractivity contribution in [2.24, 2.45) is 0 Å². The molecule has 2 aromatic rings. The summed E-state index contributed by atoms with van der Waals surface area (Å²) in [5.74, 6) is 2.34. The summed E-state index contributed by atoms with van der Waals surface area (Å²) in [6.45, 7) is 0.538. The van der Waals surface area contributed by atoms with Crippen molar-refractivity contribution in [3.05, 3.63) is 46.5 Å². The third kappa shape index (κ3) is 3.49. The predicted molar refractivity (Wildman–Crippen MR) is 100 cm³/mol. The largest absolute Gasteiger partial charge is 0.497 e. The molecule has 0 saturated heterocycles. The maximum Gasteiger partial charge on any atom is 0.254 e. The lowest BCUT2D eigenvalue weighted by Crippen LogP contribution is -2.32. The lowest BCUT2D eigenvalue weighted by Gasteiger charge is -2.24. The van der Waals surface area contributed by atoms with Gasteiger partial charge in [-0.2, -0.15) is 0 Å². The number of fused-ring (bicyclic) bond motifs is 1. The summed E-state index contributed by atoms with van der Waals surface area (Å²) < 4.78 is 21.5. The molecule has 27 heavy (non-hydrogen) atoms. The molecule has 1 heterocycles. The second kappa shape index (κ2) is 7.19. The van der Waals surface area contributed by atoms with Crippen molar-refractivity contribution in [1.82, 2.24) is 4.90 Å². The summed E-state index contributed by atoms with van der Waals surface area (Å²) in [6.07, 6.45) is 1.96. The van der Waals surface area contributed by atoms with Gasteiger partial charge in [0.25, 0.3) is 5.91 Å². The average Bonchev–Trinajstić information content (AvgIpc) is 3.41. The molecule has 142 valence electrons. The van der Waals surface area contributed by atoms with Crippen LogP contribution in [0.25, 0.3) is 0 Å². The van der Waals surface area contributed by atoms with E-state index in [1.54, 1.807) is 26.4 Å². The molecule has 1 aliphatic carbocycles. The van der Waals surface area contributed by atoms with E-state index in [1.807, 2.05) is 23.1 Å². The topological polar surface area (TPSA) is 57.2 Å². The first kappa shape index (κ1) is 17.8. The zero-order chi connectivity index (χ0) is 19.0. The molecular weight excluding hydrogens is 370 g/mol. The van der Waals surface area contributed by atoms with E-state index in [1.165, 1.54) is 0 Å². The molecule has 0 aromatic heterocycles. The van der Waals surface area contributed by atoms with Gasteiger partial charge < -0.3 is 23.8 Å². The predicted octanol–water partition coefficient (Wildman–Crippen LogP) is 3.89. The molecule has 1 fully saturated rings. The van der Waals surface area contributed by atoms with E-state index >= 15 is 0 Å². The zero-order valence-electron chi connectivity index (χ0n) is 15.2. The van der Waals surface area contributed by atoms with Crippen molar-refractivity contribution < 1.29 is 23.7 Å². The van der Waals surface area contributed by atoms with Gasteiger partial charge in [-0.3, -0.25) is 4.79 Å². The third-order valence-corrected chi connectivity index (χ3v) is 5.03. The highest BCUT2D eigenvalue weighted by Crippen LogP contribution is 2.41. The van der Waals surface area contributed by atoms with Crippen LogP contribution in [0, 0.1) is 0 Å². The fourth-order valence-corrected chi connectivity index (χ4v) is 3.46. The summed E-state index contributed by atoms with van der Waals surface area (Å²) in [7, 11) is 3.23. The van der Waals surface area contributed by atoms with Gasteiger partial charge in [-0.25, -0.2) is 0 Å². The fraction of sp³-hybridized carbons (Fsp3) is 0.350. The van der Waals surface area contributed by atoms with Crippen molar-refractivity contribution >= 4 is 17.5 Å². The molecule has 0 N–H and O–H groups in total. The first-order chi connectivity index (χ1) is 13.1. The Morgan fingerprint density at radius 3 is 2.70 bits per heavy atom. The van der Waals surface area contributed by atoms with E-state index in [4.69, 9.17) is 30.5 Å². The van der Waals surface area contributed by atoms with Crippen LogP contribution >= 0.6 is 11.6 Å². The molecular formula is C20H20ClNO5. The smallest absolute Gasteiger partial charge is 0.254 e. The number of hydrogen-bond donors (Lipinski definition) is 0. The normalized spacial score (nSPS) is 14.8. The van der Waals surface area contributed by atoms with Gasteiger partial charge in [-0.1, -0.05) is 11.6 Å². The van der Waals surface area contributed by atoms with Crippen molar-refractivity contribution in [3.63, 3.8) is 0 Å². The number of carbonyl (C=O) groups is 1. The Morgan fingerprint density at radius 1 is 1.19 bits per heavy atom. The number of rotatable bonds is 6. The van der Waals surface area contributed by atoms with Crippen LogP contribution in [0.3, 0.4) is 0 Å². The first-order valence-corrected chi connectivity index (χ1v) is 9.09. The fourth-order valence-electron chi connectivity index (χ4n) is 3.20. The summed E-state index contributed by atoms with van der Waals surface area (Å²) >= 11 is 6.25. The Balaban J connectivity index is 1.64. The van der Waals surface area contributed by atoms with Crippen LogP contribution in [-0.2, 0) is 6.54 Å². The Morgan fingerprint density at radius 2 is 2.00 bits per heavy atom. The number of carbonyl (C=O) groups excluding carboxylic acids is 1. The second-order valence-corrected chi connectivity index (χ2v) is 6.94. The number of methoxy groups -OCH3 is 2. The number of nitrogens with zero attached hydrogens (tertiary/aromatic N) is 1. The second-order valence-electron chi connectivity index (χ2n) is 6.53. The van der Waals surface area contributed by atoms with E-state index in [-0.39, 0.29) is 18.7 Å². The molecule has 1 amide bonds. The monoisotopic (exact) mass is 389 g/mol. The molecule has 2 aromatic carbocycles. The quantitative estimate of drug-likeness (QED) is 0.750. The Kier molecular flexibility index (Phi) is 4.74. The van der Waals surface area contributed by atoms with Crippen LogP contribution in [0.5, 0.6) is 23.0 Å². The maximum absolute atomic E-state index is 13.2. The Labute approximate surface area is 162 Å². The van der Waals surface area contributed by atoms with Crippen LogP contribution in [0.4, 0.5) is 0 Å². The van der Waals surface area contributed by atoms with E-state index in [2.05, 4.69) is 0 Å². The van der Waals surface area contributed by atoms with Crippen molar-refractivity contribution in [1.29, 1.82) is 0 Å². The SMILES string of the molecule is COc1ccc(OC)c(CN(C(=O)c2cc(Cl)c3c(c2)OCO3)C2CC2)c1. The van der Waals surface area contributed by atoms with Gasteiger partial charge in [0.15, 0.2) is 11.5 Å². The van der Waals surface area contributed by atoms with Gasteiger partial charge >= 0.3 is 0 Å². The van der Waals surface area contributed by atoms with Crippen LogP contribution in [0.1, 0.15) is 28.8 Å². The highest BCUT2D eigenvalue weighted by molar-refractivity contribution is 6.32. The van der Waals surface area contributed by atoms with Gasteiger partial charge in [-0.05, 0) is 43.2 Å². The van der Waals surface area contributed by atoms with Gasteiger partial charge in [0.05, 0.1) is 25.8 Å². The van der Waals surface area contributed by atoms with Crippen LogP contribution in [-0.4, -0.2) is 37.9 Å². The molecule has 0 bridgehead atoms. The maximum atomic E-state index is 13.2. The lowest BCUT2D eigenvalue weighted by molar-refractivity contribution is 0.0728. The summed E-state index contributed by atoms with van der Waals surface area (Å²) in [5.41, 5.74) is 1.38. The highest BCUT2D eigenvalue weighted by Gasteiger charge is 2.34. The van der Waals surface area contributed by atoms with E-state index < -0.39 is 0 Å². The Bertz CT molecular complexity index is 881. The van der Waals surface area contributed by atoms with Crippen LogP contribution < -0.4 is 18.9 Å². The molecule has 4 rings (SSSR count). The minimum atomic E-state index is -0.0948. The molecule has 1 saturated carbocycles. The number of halogens is 1. The van der Waals surface area contributed by atoms with E-state index in [9.17, 15) is 4.79 Å². The molecule has 2 aliphatic rings. The third-order valence-electron chi connectivity index (χ3n) is 4.75.